The molecule has 2 rings (SSSR count). The van der Waals surface area contributed by atoms with Gasteiger partial charge in [0.25, 0.3) is 0 Å². The minimum absolute atomic E-state index is 0. The highest BCUT2D eigenvalue weighted by molar-refractivity contribution is 14.0. The number of aryl methyl sites for hydroxylation is 2. The Morgan fingerprint density at radius 1 is 1.19 bits per heavy atom. The lowest BCUT2D eigenvalue weighted by Crippen LogP contribution is -2.38. The van der Waals surface area contributed by atoms with E-state index < -0.39 is 0 Å². The maximum absolute atomic E-state index is 13.2. The number of nitrogens with zero attached hydrogens (tertiary/aromatic N) is 2. The maximum atomic E-state index is 13.2. The molecule has 5 nitrogen and oxygen atoms in total. The van der Waals surface area contributed by atoms with Crippen LogP contribution >= 0.6 is 24.0 Å². The summed E-state index contributed by atoms with van der Waals surface area (Å²) < 4.78 is 18.6. The highest BCUT2D eigenvalue weighted by Gasteiger charge is 2.13. The van der Waals surface area contributed by atoms with Gasteiger partial charge in [0, 0.05) is 25.1 Å². The summed E-state index contributed by atoms with van der Waals surface area (Å²) >= 11 is 0. The van der Waals surface area contributed by atoms with E-state index in [1.54, 1.807) is 12.1 Å². The first-order chi connectivity index (χ1) is 12.2. The zero-order chi connectivity index (χ0) is 18.1. The van der Waals surface area contributed by atoms with Gasteiger partial charge in [0.2, 0.25) is 0 Å². The molecule has 0 saturated carbocycles. The number of halogens is 2. The van der Waals surface area contributed by atoms with E-state index in [-0.39, 0.29) is 29.8 Å². The smallest absolute Gasteiger partial charge is 0.191 e. The van der Waals surface area contributed by atoms with E-state index in [0.29, 0.717) is 13.1 Å². The Labute approximate surface area is 171 Å². The second kappa shape index (κ2) is 11.9. The molecule has 7 heteroatoms. The minimum Gasteiger partial charge on any atom is -0.361 e. The third-order valence-corrected chi connectivity index (χ3v) is 3.94. The molecule has 0 aliphatic rings. The van der Waals surface area contributed by atoms with Gasteiger partial charge in [0.15, 0.2) is 5.96 Å². The van der Waals surface area contributed by atoms with Crippen LogP contribution < -0.4 is 10.6 Å². The summed E-state index contributed by atoms with van der Waals surface area (Å²) in [5.74, 6) is 1.44. The van der Waals surface area contributed by atoms with Gasteiger partial charge < -0.3 is 15.2 Å². The van der Waals surface area contributed by atoms with Crippen LogP contribution in [0.1, 0.15) is 43.4 Å². The van der Waals surface area contributed by atoms with Crippen molar-refractivity contribution < 1.29 is 8.91 Å². The summed E-state index contributed by atoms with van der Waals surface area (Å²) in [4.78, 5) is 4.64. The van der Waals surface area contributed by atoms with Crippen molar-refractivity contribution in [1.82, 2.24) is 15.8 Å². The summed E-state index contributed by atoms with van der Waals surface area (Å²) in [7, 11) is 0. The van der Waals surface area contributed by atoms with E-state index in [1.165, 1.54) is 6.07 Å². The van der Waals surface area contributed by atoms with Crippen molar-refractivity contribution in [2.75, 3.05) is 13.1 Å². The second-order valence-corrected chi connectivity index (χ2v) is 5.74. The largest absolute Gasteiger partial charge is 0.361 e. The monoisotopic (exact) mass is 474 g/mol. The fraction of sp³-hybridized carbons (Fsp3) is 0.474. The first-order valence-electron chi connectivity index (χ1n) is 8.90. The number of guanidine groups is 1. The van der Waals surface area contributed by atoms with Crippen molar-refractivity contribution in [3.8, 4) is 0 Å². The Bertz CT molecular complexity index is 681. The predicted octanol–water partition coefficient (Wildman–Crippen LogP) is 3.85. The quantitative estimate of drug-likeness (QED) is 0.347. The lowest BCUT2D eigenvalue weighted by atomic mass is 10.1. The number of aliphatic imine (C=N–C) groups is 1. The number of hydrogen-bond donors (Lipinski definition) is 2. The fourth-order valence-corrected chi connectivity index (χ4v) is 2.63. The van der Waals surface area contributed by atoms with Gasteiger partial charge in [-0.15, -0.1) is 24.0 Å². The first kappa shape index (κ1) is 22.4. The molecule has 1 aromatic heterocycles. The molecule has 144 valence electrons. The van der Waals surface area contributed by atoms with Crippen LogP contribution in [0.15, 0.2) is 33.8 Å². The third kappa shape index (κ3) is 6.59. The van der Waals surface area contributed by atoms with Crippen LogP contribution in [0.4, 0.5) is 4.39 Å². The Kier molecular flexibility index (Phi) is 10.2. The molecule has 0 saturated heterocycles. The molecule has 2 aromatic rings. The fourth-order valence-electron chi connectivity index (χ4n) is 2.63. The molecule has 0 bridgehead atoms. The summed E-state index contributed by atoms with van der Waals surface area (Å²) in [6, 6.07) is 6.67. The van der Waals surface area contributed by atoms with E-state index in [2.05, 4.69) is 34.6 Å². The second-order valence-electron chi connectivity index (χ2n) is 5.74. The van der Waals surface area contributed by atoms with Crippen molar-refractivity contribution >= 4 is 29.9 Å². The molecule has 0 aliphatic carbocycles. The molecule has 0 aliphatic heterocycles. The van der Waals surface area contributed by atoms with E-state index in [1.807, 2.05) is 13.0 Å². The number of aromatic nitrogens is 1. The normalized spacial score (nSPS) is 11.2. The van der Waals surface area contributed by atoms with E-state index in [0.717, 1.165) is 54.3 Å². The maximum Gasteiger partial charge on any atom is 0.191 e. The number of hydrogen-bond acceptors (Lipinski definition) is 3. The first-order valence-corrected chi connectivity index (χ1v) is 8.90. The summed E-state index contributed by atoms with van der Waals surface area (Å²) in [6.07, 6.45) is 2.37. The van der Waals surface area contributed by atoms with Gasteiger partial charge in [-0.3, -0.25) is 0 Å². The van der Waals surface area contributed by atoms with Gasteiger partial charge in [0.1, 0.15) is 11.6 Å². The SMILES string of the molecule is CCNC(=NCc1c(CC)noc1CC)NCCc1cccc(F)c1.I. The minimum atomic E-state index is -0.204. The van der Waals surface area contributed by atoms with Gasteiger partial charge in [-0.25, -0.2) is 9.38 Å². The molecule has 0 unspecified atom stereocenters. The van der Waals surface area contributed by atoms with E-state index >= 15 is 0 Å². The van der Waals surface area contributed by atoms with Crippen LogP contribution in [0.25, 0.3) is 0 Å². The van der Waals surface area contributed by atoms with Crippen molar-refractivity contribution in [1.29, 1.82) is 0 Å². The molecule has 0 amide bonds. The lowest BCUT2D eigenvalue weighted by Gasteiger charge is -2.11. The average molecular weight is 474 g/mol. The van der Waals surface area contributed by atoms with Crippen LogP contribution in [-0.2, 0) is 25.8 Å². The summed E-state index contributed by atoms with van der Waals surface area (Å²) in [5.41, 5.74) is 3.01. The van der Waals surface area contributed by atoms with Gasteiger partial charge in [-0.2, -0.15) is 0 Å². The molecule has 0 radical (unpaired) electrons. The zero-order valence-corrected chi connectivity index (χ0v) is 18.0. The van der Waals surface area contributed by atoms with Crippen LogP contribution in [0.2, 0.25) is 0 Å². The van der Waals surface area contributed by atoms with Crippen LogP contribution in [0, 0.1) is 5.82 Å². The van der Waals surface area contributed by atoms with Crippen molar-refractivity contribution in [3.05, 3.63) is 52.7 Å². The van der Waals surface area contributed by atoms with Crippen molar-refractivity contribution in [3.63, 3.8) is 0 Å². The third-order valence-electron chi connectivity index (χ3n) is 3.94. The van der Waals surface area contributed by atoms with Gasteiger partial charge in [-0.1, -0.05) is 31.1 Å². The Morgan fingerprint density at radius 2 is 2.00 bits per heavy atom. The highest BCUT2D eigenvalue weighted by atomic mass is 127. The molecule has 1 aromatic carbocycles. The topological polar surface area (TPSA) is 62.5 Å². The predicted molar refractivity (Wildman–Crippen MR) is 114 cm³/mol. The molecular formula is C19H28FIN4O. The molecule has 2 N–H and O–H groups in total. The van der Waals surface area contributed by atoms with Gasteiger partial charge in [0.05, 0.1) is 12.2 Å². The Hall–Kier alpha value is -1.64. The zero-order valence-electron chi connectivity index (χ0n) is 15.6. The standard InChI is InChI=1S/C19H27FN4O.HI/c1-4-17-16(18(5-2)25-24-17)13-23-19(21-6-3)22-11-10-14-8-7-9-15(20)12-14;/h7-9,12H,4-6,10-11,13H2,1-3H3,(H2,21,22,23);1H. The Balaban J connectivity index is 0.00000338. The number of nitrogens with one attached hydrogen (secondary N) is 2. The van der Waals surface area contributed by atoms with Gasteiger partial charge >= 0.3 is 0 Å². The van der Waals surface area contributed by atoms with Crippen LogP contribution in [0.5, 0.6) is 0 Å². The molecule has 1 heterocycles. The Morgan fingerprint density at radius 3 is 2.65 bits per heavy atom. The molecule has 0 atom stereocenters. The summed E-state index contributed by atoms with van der Waals surface area (Å²) in [6.45, 7) is 8.13. The number of rotatable bonds is 8. The number of benzene rings is 1. The molecule has 0 fully saturated rings. The van der Waals surface area contributed by atoms with Crippen LogP contribution in [0.3, 0.4) is 0 Å². The van der Waals surface area contributed by atoms with E-state index in [9.17, 15) is 4.39 Å². The van der Waals surface area contributed by atoms with Crippen molar-refractivity contribution in [2.45, 2.75) is 46.6 Å². The van der Waals surface area contributed by atoms with Gasteiger partial charge in [-0.05, 0) is 37.5 Å². The van der Waals surface area contributed by atoms with Crippen molar-refractivity contribution in [2.24, 2.45) is 4.99 Å². The van der Waals surface area contributed by atoms with E-state index in [4.69, 9.17) is 4.52 Å². The average Bonchev–Trinajstić information content (AvgIpc) is 3.01. The summed E-state index contributed by atoms with van der Waals surface area (Å²) in [5, 5.41) is 10.6. The molecular weight excluding hydrogens is 446 g/mol. The molecule has 0 spiro atoms. The van der Waals surface area contributed by atoms with Crippen LogP contribution in [-0.4, -0.2) is 24.2 Å². The molecule has 26 heavy (non-hydrogen) atoms. The lowest BCUT2D eigenvalue weighted by molar-refractivity contribution is 0.380. The highest BCUT2D eigenvalue weighted by Crippen LogP contribution is 2.16.